The van der Waals surface area contributed by atoms with Crippen LogP contribution in [-0.4, -0.2) is 19.5 Å². The van der Waals surface area contributed by atoms with Crippen molar-refractivity contribution in [2.75, 3.05) is 13.2 Å². The third-order valence-electron chi connectivity index (χ3n) is 2.50. The minimum Gasteiger partial charge on any atom is -0.353 e. The van der Waals surface area contributed by atoms with Gasteiger partial charge in [0.15, 0.2) is 6.29 Å². The summed E-state index contributed by atoms with van der Waals surface area (Å²) in [5.74, 6) is 6.03. The highest BCUT2D eigenvalue weighted by molar-refractivity contribution is 5.14. The van der Waals surface area contributed by atoms with Gasteiger partial charge in [0.25, 0.3) is 0 Å². The maximum absolute atomic E-state index is 5.50. The molecule has 0 amide bonds. The van der Waals surface area contributed by atoms with Crippen LogP contribution in [0.4, 0.5) is 0 Å². The Bertz CT molecular complexity index is 248. The summed E-state index contributed by atoms with van der Waals surface area (Å²) in [6, 6.07) is 0. The summed E-state index contributed by atoms with van der Waals surface area (Å²) in [5, 5.41) is 0. The molecule has 0 bridgehead atoms. The minimum absolute atomic E-state index is 0.0601. The molecule has 0 fully saturated rings. The zero-order valence-electron chi connectivity index (χ0n) is 12.2. The second kappa shape index (κ2) is 14.3. The van der Waals surface area contributed by atoms with Gasteiger partial charge in [-0.3, -0.25) is 0 Å². The second-order valence-electron chi connectivity index (χ2n) is 4.17. The number of hydrogen-bond donors (Lipinski definition) is 0. The van der Waals surface area contributed by atoms with E-state index in [-0.39, 0.29) is 6.29 Å². The van der Waals surface area contributed by atoms with E-state index in [9.17, 15) is 0 Å². The van der Waals surface area contributed by atoms with Crippen molar-refractivity contribution < 1.29 is 9.47 Å². The number of ether oxygens (including phenoxy) is 2. The normalized spacial score (nSPS) is 12.4. The van der Waals surface area contributed by atoms with Gasteiger partial charge in [0, 0.05) is 19.6 Å². The Morgan fingerprint density at radius 1 is 1.06 bits per heavy atom. The van der Waals surface area contributed by atoms with Gasteiger partial charge < -0.3 is 9.47 Å². The van der Waals surface area contributed by atoms with Gasteiger partial charge in [0.1, 0.15) is 0 Å². The van der Waals surface area contributed by atoms with E-state index >= 15 is 0 Å². The van der Waals surface area contributed by atoms with Crippen molar-refractivity contribution in [2.24, 2.45) is 0 Å². The van der Waals surface area contributed by atoms with Crippen molar-refractivity contribution in [3.63, 3.8) is 0 Å². The molecule has 2 heteroatoms. The fourth-order valence-electron chi connectivity index (χ4n) is 1.55. The maximum Gasteiger partial charge on any atom is 0.154 e. The van der Waals surface area contributed by atoms with Gasteiger partial charge in [-0.2, -0.15) is 0 Å². The number of rotatable bonds is 10. The zero-order chi connectivity index (χ0) is 13.5. The molecule has 0 aromatic carbocycles. The summed E-state index contributed by atoms with van der Waals surface area (Å²) in [5.41, 5.74) is 0. The van der Waals surface area contributed by atoms with Crippen molar-refractivity contribution in [1.29, 1.82) is 0 Å². The first-order chi connectivity index (χ1) is 8.81. The minimum atomic E-state index is -0.0601. The summed E-state index contributed by atoms with van der Waals surface area (Å²) in [7, 11) is 0. The molecule has 18 heavy (non-hydrogen) atoms. The smallest absolute Gasteiger partial charge is 0.154 e. The Kier molecular flexibility index (Phi) is 13.7. The van der Waals surface area contributed by atoms with Crippen molar-refractivity contribution in [1.82, 2.24) is 0 Å². The lowest BCUT2D eigenvalue weighted by atomic mass is 10.1. The van der Waals surface area contributed by atoms with Crippen LogP contribution in [0.25, 0.3) is 0 Å². The first-order valence-corrected chi connectivity index (χ1v) is 7.17. The Morgan fingerprint density at radius 3 is 2.56 bits per heavy atom. The van der Waals surface area contributed by atoms with Crippen LogP contribution in [0.1, 0.15) is 59.3 Å². The summed E-state index contributed by atoms with van der Waals surface area (Å²) < 4.78 is 10.8. The molecular weight excluding hydrogens is 224 g/mol. The molecule has 0 spiro atoms. The predicted octanol–water partition coefficient (Wildman–Crippen LogP) is 4.31. The van der Waals surface area contributed by atoms with E-state index < -0.39 is 0 Å². The van der Waals surface area contributed by atoms with Gasteiger partial charge >= 0.3 is 0 Å². The van der Waals surface area contributed by atoms with Gasteiger partial charge in [-0.15, -0.1) is 0 Å². The number of unbranched alkanes of at least 4 members (excludes halogenated alkanes) is 4. The number of allylic oxidation sites excluding steroid dienone is 2. The van der Waals surface area contributed by atoms with Crippen molar-refractivity contribution in [2.45, 2.75) is 65.6 Å². The molecule has 0 aromatic heterocycles. The highest BCUT2D eigenvalue weighted by Gasteiger charge is 1.98. The average Bonchev–Trinajstić information content (AvgIpc) is 2.36. The molecule has 0 aliphatic rings. The van der Waals surface area contributed by atoms with Gasteiger partial charge in [0.2, 0.25) is 0 Å². The van der Waals surface area contributed by atoms with E-state index in [2.05, 4.69) is 24.8 Å². The highest BCUT2D eigenvalue weighted by atomic mass is 16.7. The molecule has 0 rings (SSSR count). The molecule has 0 aliphatic heterocycles. The Morgan fingerprint density at radius 2 is 1.83 bits per heavy atom. The fraction of sp³-hybridized carbons (Fsp3) is 0.750. The van der Waals surface area contributed by atoms with E-state index in [1.807, 2.05) is 19.9 Å². The maximum atomic E-state index is 5.50. The Labute approximate surface area is 113 Å². The largest absolute Gasteiger partial charge is 0.353 e. The Balaban J connectivity index is 3.19. The molecule has 1 atom stereocenters. The van der Waals surface area contributed by atoms with E-state index in [4.69, 9.17) is 9.47 Å². The van der Waals surface area contributed by atoms with Crippen LogP contribution < -0.4 is 0 Å². The Hall–Kier alpha value is -0.780. The lowest BCUT2D eigenvalue weighted by Gasteiger charge is -2.12. The molecule has 0 radical (unpaired) electrons. The predicted molar refractivity (Wildman–Crippen MR) is 77.3 cm³/mol. The molecule has 0 saturated heterocycles. The van der Waals surface area contributed by atoms with Gasteiger partial charge in [-0.05, 0) is 39.2 Å². The van der Waals surface area contributed by atoms with Crippen LogP contribution in [0.15, 0.2) is 12.2 Å². The monoisotopic (exact) mass is 252 g/mol. The summed E-state index contributed by atoms with van der Waals surface area (Å²) in [6.45, 7) is 7.52. The topological polar surface area (TPSA) is 18.5 Å². The molecule has 0 saturated carbocycles. The van der Waals surface area contributed by atoms with Crippen molar-refractivity contribution in [3.05, 3.63) is 12.2 Å². The first-order valence-electron chi connectivity index (χ1n) is 7.17. The molecule has 2 nitrogen and oxygen atoms in total. The average molecular weight is 252 g/mol. The molecule has 0 heterocycles. The van der Waals surface area contributed by atoms with Crippen LogP contribution in [0, 0.1) is 11.8 Å². The molecule has 1 unspecified atom stereocenters. The van der Waals surface area contributed by atoms with E-state index in [0.29, 0.717) is 6.61 Å². The molecule has 0 aromatic rings. The summed E-state index contributed by atoms with van der Waals surface area (Å²) >= 11 is 0. The van der Waals surface area contributed by atoms with Crippen LogP contribution >= 0.6 is 0 Å². The summed E-state index contributed by atoms with van der Waals surface area (Å²) in [6.07, 6.45) is 11.0. The number of hydrogen-bond acceptors (Lipinski definition) is 2. The van der Waals surface area contributed by atoms with Crippen LogP contribution in [0.2, 0.25) is 0 Å². The quantitative estimate of drug-likeness (QED) is 0.328. The third-order valence-corrected chi connectivity index (χ3v) is 2.50. The van der Waals surface area contributed by atoms with Crippen LogP contribution in [0.3, 0.4) is 0 Å². The van der Waals surface area contributed by atoms with Crippen LogP contribution in [0.5, 0.6) is 0 Å². The van der Waals surface area contributed by atoms with E-state index in [1.165, 1.54) is 19.3 Å². The SMILES string of the molecule is CCC#CC=CCCCCCCOC(C)OCC. The summed E-state index contributed by atoms with van der Waals surface area (Å²) in [4.78, 5) is 0. The first kappa shape index (κ1) is 17.2. The molecule has 0 N–H and O–H groups in total. The van der Waals surface area contributed by atoms with E-state index in [0.717, 1.165) is 25.9 Å². The molecule has 0 aliphatic carbocycles. The molecule has 104 valence electrons. The molecular formula is C16H28O2. The van der Waals surface area contributed by atoms with Crippen molar-refractivity contribution in [3.8, 4) is 11.8 Å². The van der Waals surface area contributed by atoms with E-state index in [1.54, 1.807) is 0 Å². The second-order valence-corrected chi connectivity index (χ2v) is 4.17. The zero-order valence-corrected chi connectivity index (χ0v) is 12.2. The fourth-order valence-corrected chi connectivity index (χ4v) is 1.55. The van der Waals surface area contributed by atoms with Crippen LogP contribution in [-0.2, 0) is 9.47 Å². The van der Waals surface area contributed by atoms with Crippen molar-refractivity contribution >= 4 is 0 Å². The van der Waals surface area contributed by atoms with Gasteiger partial charge in [0.05, 0.1) is 0 Å². The van der Waals surface area contributed by atoms with Gasteiger partial charge in [-0.1, -0.05) is 37.7 Å². The van der Waals surface area contributed by atoms with Gasteiger partial charge in [-0.25, -0.2) is 0 Å². The lowest BCUT2D eigenvalue weighted by molar-refractivity contribution is -0.127. The standard InChI is InChI=1S/C16H28O2/c1-4-6-7-8-9-10-11-12-13-14-15-18-16(3)17-5-2/h8-9,16H,4-5,10-15H2,1-3H3. The highest BCUT2D eigenvalue weighted by Crippen LogP contribution is 2.05. The third kappa shape index (κ3) is 13.3. The lowest BCUT2D eigenvalue weighted by Crippen LogP contribution is -2.13.